The Morgan fingerprint density at radius 3 is 2.55 bits per heavy atom. The van der Waals surface area contributed by atoms with Gasteiger partial charge in [-0.3, -0.25) is 4.21 Å². The lowest BCUT2D eigenvalue weighted by molar-refractivity contribution is 0.263. The van der Waals surface area contributed by atoms with Gasteiger partial charge in [-0.05, 0) is 48.8 Å². The van der Waals surface area contributed by atoms with Crippen LogP contribution in [0.3, 0.4) is 0 Å². The molecule has 0 radical (unpaired) electrons. The summed E-state index contributed by atoms with van der Waals surface area (Å²) in [4.78, 5) is 0. The molecule has 20 heavy (non-hydrogen) atoms. The van der Waals surface area contributed by atoms with Crippen molar-refractivity contribution in [2.45, 2.75) is 50.2 Å². The van der Waals surface area contributed by atoms with Gasteiger partial charge in [0.05, 0.1) is 5.25 Å². The molecule has 1 aromatic carbocycles. The number of hydrogen-bond donors (Lipinski definition) is 1. The van der Waals surface area contributed by atoms with E-state index in [1.54, 1.807) is 0 Å². The minimum atomic E-state index is -0.899. The molecule has 1 fully saturated rings. The van der Waals surface area contributed by atoms with Crippen molar-refractivity contribution in [2.24, 2.45) is 17.6 Å². The molecule has 0 spiro atoms. The standard InChI is InChI=1S/C16H24ClNOS/c1-11(2)13-5-8-15(18)16(9-13)20(19)10-12-3-6-14(17)7-4-12/h3-4,6-7,11,13,15-16H,5,8-10,18H2,1-2H3. The molecule has 2 nitrogen and oxygen atoms in total. The molecule has 0 aliphatic heterocycles. The van der Waals surface area contributed by atoms with Gasteiger partial charge in [0.25, 0.3) is 0 Å². The first-order valence-electron chi connectivity index (χ1n) is 7.34. The Kier molecular flexibility index (Phi) is 5.65. The second-order valence-electron chi connectivity index (χ2n) is 6.17. The predicted molar refractivity (Wildman–Crippen MR) is 87.2 cm³/mol. The molecule has 0 amide bonds. The van der Waals surface area contributed by atoms with Gasteiger partial charge in [-0.2, -0.15) is 0 Å². The van der Waals surface area contributed by atoms with Crippen LogP contribution in [0, 0.1) is 11.8 Å². The van der Waals surface area contributed by atoms with Crippen molar-refractivity contribution in [1.82, 2.24) is 0 Å². The maximum atomic E-state index is 12.6. The highest BCUT2D eigenvalue weighted by Crippen LogP contribution is 2.32. The Balaban J connectivity index is 2.01. The highest BCUT2D eigenvalue weighted by molar-refractivity contribution is 7.84. The molecule has 2 rings (SSSR count). The summed E-state index contributed by atoms with van der Waals surface area (Å²) in [6.45, 7) is 4.50. The topological polar surface area (TPSA) is 43.1 Å². The third-order valence-corrected chi connectivity index (χ3v) is 6.47. The third-order valence-electron chi connectivity index (χ3n) is 4.39. The molecule has 1 aliphatic carbocycles. The van der Waals surface area contributed by atoms with Gasteiger partial charge < -0.3 is 5.73 Å². The van der Waals surface area contributed by atoms with E-state index in [-0.39, 0.29) is 11.3 Å². The van der Waals surface area contributed by atoms with Crippen molar-refractivity contribution in [1.29, 1.82) is 0 Å². The number of hydrogen-bond acceptors (Lipinski definition) is 2. The molecule has 0 heterocycles. The van der Waals surface area contributed by atoms with Gasteiger partial charge in [0, 0.05) is 27.6 Å². The van der Waals surface area contributed by atoms with E-state index in [1.165, 1.54) is 6.42 Å². The van der Waals surface area contributed by atoms with E-state index in [4.69, 9.17) is 17.3 Å². The maximum Gasteiger partial charge on any atom is 0.0505 e. The highest BCUT2D eigenvalue weighted by Gasteiger charge is 2.33. The zero-order valence-corrected chi connectivity index (χ0v) is 13.8. The van der Waals surface area contributed by atoms with Crippen molar-refractivity contribution in [3.63, 3.8) is 0 Å². The SMILES string of the molecule is CC(C)C1CCC(N)C(S(=O)Cc2ccc(Cl)cc2)C1. The van der Waals surface area contributed by atoms with Crippen molar-refractivity contribution in [3.8, 4) is 0 Å². The van der Waals surface area contributed by atoms with Crippen molar-refractivity contribution in [3.05, 3.63) is 34.9 Å². The second-order valence-corrected chi connectivity index (χ2v) is 8.26. The quantitative estimate of drug-likeness (QED) is 0.920. The number of benzene rings is 1. The van der Waals surface area contributed by atoms with E-state index in [2.05, 4.69) is 13.8 Å². The molecule has 4 atom stereocenters. The first-order chi connectivity index (χ1) is 9.47. The molecule has 1 saturated carbocycles. The van der Waals surface area contributed by atoms with Crippen LogP contribution in [-0.2, 0) is 16.6 Å². The Morgan fingerprint density at radius 2 is 1.95 bits per heavy atom. The summed E-state index contributed by atoms with van der Waals surface area (Å²) in [6, 6.07) is 7.69. The first kappa shape index (κ1) is 16.0. The van der Waals surface area contributed by atoms with E-state index >= 15 is 0 Å². The van der Waals surface area contributed by atoms with E-state index in [0.29, 0.717) is 22.6 Å². The van der Waals surface area contributed by atoms with Crippen LogP contribution in [0.25, 0.3) is 0 Å². The zero-order valence-electron chi connectivity index (χ0n) is 12.2. The summed E-state index contributed by atoms with van der Waals surface area (Å²) in [7, 11) is -0.899. The Hall–Kier alpha value is -0.380. The molecular formula is C16H24ClNOS. The Bertz CT molecular complexity index is 460. The van der Waals surface area contributed by atoms with Crippen LogP contribution < -0.4 is 5.73 Å². The number of halogens is 1. The van der Waals surface area contributed by atoms with Gasteiger partial charge >= 0.3 is 0 Å². The summed E-state index contributed by atoms with van der Waals surface area (Å²) in [6.07, 6.45) is 3.17. The number of rotatable bonds is 4. The summed E-state index contributed by atoms with van der Waals surface area (Å²) in [5.74, 6) is 1.90. The average Bonchev–Trinajstić information content (AvgIpc) is 2.41. The van der Waals surface area contributed by atoms with Crippen LogP contribution in [0.4, 0.5) is 0 Å². The lowest BCUT2D eigenvalue weighted by Crippen LogP contribution is -2.44. The molecule has 0 bridgehead atoms. The van der Waals surface area contributed by atoms with E-state index in [0.717, 1.165) is 18.4 Å². The lowest BCUT2D eigenvalue weighted by Gasteiger charge is -2.35. The fourth-order valence-corrected chi connectivity index (χ4v) is 4.79. The predicted octanol–water partition coefficient (Wildman–Crippen LogP) is 3.74. The smallest absolute Gasteiger partial charge is 0.0505 e. The molecule has 2 N–H and O–H groups in total. The van der Waals surface area contributed by atoms with Crippen molar-refractivity contribution < 1.29 is 4.21 Å². The van der Waals surface area contributed by atoms with E-state index < -0.39 is 10.8 Å². The van der Waals surface area contributed by atoms with Gasteiger partial charge in [-0.1, -0.05) is 37.6 Å². The fourth-order valence-electron chi connectivity index (χ4n) is 2.94. The van der Waals surface area contributed by atoms with Crippen molar-refractivity contribution >= 4 is 22.4 Å². The van der Waals surface area contributed by atoms with Gasteiger partial charge in [0.15, 0.2) is 0 Å². The van der Waals surface area contributed by atoms with E-state index in [9.17, 15) is 4.21 Å². The van der Waals surface area contributed by atoms with E-state index in [1.807, 2.05) is 24.3 Å². The summed E-state index contributed by atoms with van der Waals surface area (Å²) < 4.78 is 12.6. The van der Waals surface area contributed by atoms with Crippen LogP contribution in [0.2, 0.25) is 5.02 Å². The van der Waals surface area contributed by atoms with Gasteiger partial charge in [0.1, 0.15) is 0 Å². The largest absolute Gasteiger partial charge is 0.327 e. The maximum absolute atomic E-state index is 12.6. The summed E-state index contributed by atoms with van der Waals surface area (Å²) in [5.41, 5.74) is 7.28. The first-order valence-corrected chi connectivity index (χ1v) is 9.10. The molecule has 112 valence electrons. The van der Waals surface area contributed by atoms with Crippen molar-refractivity contribution in [2.75, 3.05) is 0 Å². The summed E-state index contributed by atoms with van der Waals surface area (Å²) in [5, 5.41) is 0.848. The molecule has 4 heteroatoms. The molecule has 1 aromatic rings. The highest BCUT2D eigenvalue weighted by atomic mass is 35.5. The zero-order chi connectivity index (χ0) is 14.7. The summed E-state index contributed by atoms with van der Waals surface area (Å²) >= 11 is 5.88. The normalized spacial score (nSPS) is 28.6. The lowest BCUT2D eigenvalue weighted by atomic mass is 9.79. The molecule has 4 unspecified atom stereocenters. The average molecular weight is 314 g/mol. The van der Waals surface area contributed by atoms with Crippen LogP contribution >= 0.6 is 11.6 Å². The van der Waals surface area contributed by atoms with Gasteiger partial charge in [-0.25, -0.2) is 0 Å². The van der Waals surface area contributed by atoms with Crippen LogP contribution in [0.15, 0.2) is 24.3 Å². The monoisotopic (exact) mass is 313 g/mol. The Labute approximate surface area is 129 Å². The Morgan fingerprint density at radius 1 is 1.30 bits per heavy atom. The van der Waals surface area contributed by atoms with Crippen LogP contribution in [0.1, 0.15) is 38.7 Å². The molecule has 0 saturated heterocycles. The third kappa shape index (κ3) is 4.06. The fraction of sp³-hybridized carbons (Fsp3) is 0.625. The second kappa shape index (κ2) is 7.06. The van der Waals surface area contributed by atoms with Gasteiger partial charge in [-0.15, -0.1) is 0 Å². The minimum absolute atomic E-state index is 0.0816. The van der Waals surface area contributed by atoms with Crippen LogP contribution in [0.5, 0.6) is 0 Å². The van der Waals surface area contributed by atoms with Gasteiger partial charge in [0.2, 0.25) is 0 Å². The van der Waals surface area contributed by atoms with Crippen LogP contribution in [-0.4, -0.2) is 15.5 Å². The number of nitrogens with two attached hydrogens (primary N) is 1. The molecule has 0 aromatic heterocycles. The molecular weight excluding hydrogens is 290 g/mol. The minimum Gasteiger partial charge on any atom is -0.327 e. The molecule has 1 aliphatic rings.